The summed E-state index contributed by atoms with van der Waals surface area (Å²) in [7, 11) is 0. The van der Waals surface area contributed by atoms with Gasteiger partial charge in [-0.15, -0.1) is 0 Å². The summed E-state index contributed by atoms with van der Waals surface area (Å²) in [5.41, 5.74) is 5.42. The molecule has 32 heavy (non-hydrogen) atoms. The van der Waals surface area contributed by atoms with Gasteiger partial charge in [-0.1, -0.05) is 54.1 Å². The summed E-state index contributed by atoms with van der Waals surface area (Å²) in [6, 6.07) is 24.8. The number of amides is 2. The van der Waals surface area contributed by atoms with Crippen LogP contribution in [0.5, 0.6) is 5.75 Å². The summed E-state index contributed by atoms with van der Waals surface area (Å²) in [6.45, 7) is 1.95. The van der Waals surface area contributed by atoms with Gasteiger partial charge in [-0.2, -0.15) is 5.10 Å². The van der Waals surface area contributed by atoms with Crippen molar-refractivity contribution in [2.45, 2.75) is 6.92 Å². The molecule has 0 atom stereocenters. The number of nitrogens with zero attached hydrogens (tertiary/aromatic N) is 1. The summed E-state index contributed by atoms with van der Waals surface area (Å²) >= 11 is 0. The Morgan fingerprint density at radius 1 is 0.844 bits per heavy atom. The molecule has 4 aromatic carbocycles. The van der Waals surface area contributed by atoms with Gasteiger partial charge in [0.05, 0.1) is 6.21 Å². The minimum Gasteiger partial charge on any atom is -0.507 e. The number of hydrazone groups is 1. The lowest BCUT2D eigenvalue weighted by atomic mass is 10.0. The first-order chi connectivity index (χ1) is 15.5. The van der Waals surface area contributed by atoms with Crippen LogP contribution in [0.15, 0.2) is 90.0 Å². The topological polar surface area (TPSA) is 90.8 Å². The summed E-state index contributed by atoms with van der Waals surface area (Å²) in [5, 5.41) is 18.8. The predicted molar refractivity (Wildman–Crippen MR) is 126 cm³/mol. The molecule has 0 aliphatic carbocycles. The van der Waals surface area contributed by atoms with Crippen LogP contribution in [0.4, 0.5) is 5.69 Å². The minimum absolute atomic E-state index is 0.0718. The molecule has 0 heterocycles. The Morgan fingerprint density at radius 3 is 2.44 bits per heavy atom. The number of benzene rings is 4. The van der Waals surface area contributed by atoms with Gasteiger partial charge in [0.2, 0.25) is 0 Å². The lowest BCUT2D eigenvalue weighted by Gasteiger charge is -2.08. The van der Waals surface area contributed by atoms with E-state index in [0.29, 0.717) is 22.4 Å². The van der Waals surface area contributed by atoms with E-state index in [4.69, 9.17) is 0 Å². The van der Waals surface area contributed by atoms with Gasteiger partial charge < -0.3 is 10.4 Å². The molecule has 0 radical (unpaired) electrons. The quantitative estimate of drug-likeness (QED) is 0.316. The highest BCUT2D eigenvalue weighted by Gasteiger charge is 2.10. The Labute approximate surface area is 185 Å². The second-order valence-electron chi connectivity index (χ2n) is 7.32. The third kappa shape index (κ3) is 4.65. The molecule has 0 saturated heterocycles. The highest BCUT2D eigenvalue weighted by atomic mass is 16.3. The third-order valence-electron chi connectivity index (χ3n) is 5.00. The Morgan fingerprint density at radius 2 is 1.62 bits per heavy atom. The molecule has 6 nitrogen and oxygen atoms in total. The van der Waals surface area contributed by atoms with Crippen molar-refractivity contribution in [3.63, 3.8) is 0 Å². The van der Waals surface area contributed by atoms with Crippen molar-refractivity contribution in [3.8, 4) is 5.75 Å². The van der Waals surface area contributed by atoms with E-state index in [0.717, 1.165) is 16.3 Å². The largest absolute Gasteiger partial charge is 0.507 e. The van der Waals surface area contributed by atoms with Gasteiger partial charge >= 0.3 is 0 Å². The molecule has 0 saturated carbocycles. The monoisotopic (exact) mass is 423 g/mol. The molecule has 0 aliphatic heterocycles. The summed E-state index contributed by atoms with van der Waals surface area (Å²) < 4.78 is 0. The van der Waals surface area contributed by atoms with Gasteiger partial charge in [-0.25, -0.2) is 5.43 Å². The van der Waals surface area contributed by atoms with Crippen molar-refractivity contribution in [1.82, 2.24) is 5.43 Å². The number of rotatable bonds is 5. The number of phenolic OH excluding ortho intramolecular Hbond substituents is 1. The third-order valence-corrected chi connectivity index (χ3v) is 5.00. The molecule has 158 valence electrons. The normalized spacial score (nSPS) is 10.9. The maximum Gasteiger partial charge on any atom is 0.271 e. The van der Waals surface area contributed by atoms with Crippen LogP contribution in [-0.4, -0.2) is 23.1 Å². The molecule has 4 aromatic rings. The average Bonchev–Trinajstić information content (AvgIpc) is 2.81. The van der Waals surface area contributed by atoms with Crippen molar-refractivity contribution >= 4 is 34.5 Å². The number of aryl methyl sites for hydroxylation is 1. The van der Waals surface area contributed by atoms with Crippen LogP contribution in [0.2, 0.25) is 0 Å². The zero-order valence-corrected chi connectivity index (χ0v) is 17.4. The van der Waals surface area contributed by atoms with Gasteiger partial charge in [0.1, 0.15) is 5.75 Å². The van der Waals surface area contributed by atoms with E-state index in [-0.39, 0.29) is 11.7 Å². The highest BCUT2D eigenvalue weighted by Crippen LogP contribution is 2.25. The van der Waals surface area contributed by atoms with Crippen LogP contribution in [0.25, 0.3) is 10.8 Å². The SMILES string of the molecule is Cc1ccc(C(=O)Nc2cccc(C(=O)N/N=C/c3c(O)ccc4ccccc34)c2)cc1. The summed E-state index contributed by atoms with van der Waals surface area (Å²) in [6.07, 6.45) is 1.42. The molecule has 0 aromatic heterocycles. The predicted octanol–water partition coefficient (Wildman–Crippen LogP) is 4.87. The first-order valence-electron chi connectivity index (χ1n) is 10.0. The van der Waals surface area contributed by atoms with Crippen molar-refractivity contribution in [3.05, 3.63) is 107 Å². The average molecular weight is 423 g/mol. The lowest BCUT2D eigenvalue weighted by molar-refractivity contribution is 0.0953. The minimum atomic E-state index is -0.438. The van der Waals surface area contributed by atoms with E-state index in [1.54, 1.807) is 42.5 Å². The fraction of sp³-hybridized carbons (Fsp3) is 0.0385. The molecule has 2 amide bonds. The van der Waals surface area contributed by atoms with Gasteiger partial charge in [0.15, 0.2) is 0 Å². The van der Waals surface area contributed by atoms with Gasteiger partial charge in [0.25, 0.3) is 11.8 Å². The molecule has 0 fully saturated rings. The van der Waals surface area contributed by atoms with Crippen molar-refractivity contribution in [1.29, 1.82) is 0 Å². The molecular weight excluding hydrogens is 402 g/mol. The Bertz CT molecular complexity index is 1330. The summed E-state index contributed by atoms with van der Waals surface area (Å²) in [4.78, 5) is 24.9. The number of hydrogen-bond donors (Lipinski definition) is 3. The Balaban J connectivity index is 1.46. The van der Waals surface area contributed by atoms with Crippen LogP contribution in [0.3, 0.4) is 0 Å². The maximum absolute atomic E-state index is 12.5. The van der Waals surface area contributed by atoms with Crippen LogP contribution < -0.4 is 10.7 Å². The van der Waals surface area contributed by atoms with E-state index in [2.05, 4.69) is 15.8 Å². The van der Waals surface area contributed by atoms with E-state index in [1.807, 2.05) is 49.4 Å². The fourth-order valence-electron chi connectivity index (χ4n) is 3.29. The van der Waals surface area contributed by atoms with Crippen molar-refractivity contribution in [2.75, 3.05) is 5.32 Å². The van der Waals surface area contributed by atoms with E-state index >= 15 is 0 Å². The maximum atomic E-state index is 12.5. The number of aromatic hydroxyl groups is 1. The first kappa shape index (κ1) is 20.8. The van der Waals surface area contributed by atoms with Gasteiger partial charge in [0, 0.05) is 22.4 Å². The van der Waals surface area contributed by atoms with Crippen molar-refractivity contribution < 1.29 is 14.7 Å². The zero-order valence-electron chi connectivity index (χ0n) is 17.4. The molecule has 3 N–H and O–H groups in total. The first-order valence-corrected chi connectivity index (χ1v) is 10.0. The number of phenols is 1. The fourth-order valence-corrected chi connectivity index (χ4v) is 3.29. The number of carbonyl (C=O) groups is 2. The number of nitrogens with one attached hydrogen (secondary N) is 2. The summed E-state index contributed by atoms with van der Waals surface area (Å²) in [5.74, 6) is -0.623. The molecule has 0 spiro atoms. The lowest BCUT2D eigenvalue weighted by Crippen LogP contribution is -2.18. The number of carbonyl (C=O) groups excluding carboxylic acids is 2. The zero-order chi connectivity index (χ0) is 22.5. The van der Waals surface area contributed by atoms with Crippen LogP contribution in [0, 0.1) is 6.92 Å². The Kier molecular flexibility index (Phi) is 5.94. The molecule has 6 heteroatoms. The van der Waals surface area contributed by atoms with E-state index < -0.39 is 5.91 Å². The molecule has 0 aliphatic rings. The van der Waals surface area contributed by atoms with Crippen molar-refractivity contribution in [2.24, 2.45) is 5.10 Å². The van der Waals surface area contributed by atoms with Crippen LogP contribution in [0.1, 0.15) is 31.8 Å². The second-order valence-corrected chi connectivity index (χ2v) is 7.32. The van der Waals surface area contributed by atoms with Crippen LogP contribution >= 0.6 is 0 Å². The number of fused-ring (bicyclic) bond motifs is 1. The molecule has 0 unspecified atom stereocenters. The Hall–Kier alpha value is -4.45. The van der Waals surface area contributed by atoms with Gasteiger partial charge in [-0.05, 0) is 54.1 Å². The molecule has 4 rings (SSSR count). The van der Waals surface area contributed by atoms with E-state index in [9.17, 15) is 14.7 Å². The molecular formula is C26H21N3O3. The number of anilines is 1. The standard InChI is InChI=1S/C26H21N3O3/c1-17-9-11-19(12-10-17)25(31)28-21-7-4-6-20(15-21)26(32)29-27-16-23-22-8-3-2-5-18(22)13-14-24(23)30/h2-16,30H,1H3,(H,28,31)(H,29,32)/b27-16+. The highest BCUT2D eigenvalue weighted by molar-refractivity contribution is 6.05. The van der Waals surface area contributed by atoms with Gasteiger partial charge in [-0.3, -0.25) is 9.59 Å². The second kappa shape index (κ2) is 9.14. The van der Waals surface area contributed by atoms with E-state index in [1.165, 1.54) is 6.21 Å². The molecule has 0 bridgehead atoms. The van der Waals surface area contributed by atoms with Crippen LogP contribution in [-0.2, 0) is 0 Å². The number of hydrogen-bond acceptors (Lipinski definition) is 4. The smallest absolute Gasteiger partial charge is 0.271 e.